The molecule has 0 aliphatic carbocycles. The monoisotopic (exact) mass is 368 g/mol. The number of rotatable bonds is 6. The Kier molecular flexibility index (Phi) is 6.47. The molecule has 2 amide bonds. The molecule has 128 valence electrons. The molecule has 5 nitrogen and oxygen atoms in total. The van der Waals surface area contributed by atoms with Crippen molar-refractivity contribution in [1.82, 2.24) is 9.80 Å². The molecule has 1 aliphatic heterocycles. The molecule has 0 bridgehead atoms. The first-order chi connectivity index (χ1) is 11.5. The van der Waals surface area contributed by atoms with Gasteiger partial charge >= 0.3 is 0 Å². The van der Waals surface area contributed by atoms with E-state index in [9.17, 15) is 14.0 Å². The van der Waals surface area contributed by atoms with Crippen molar-refractivity contribution >= 4 is 46.2 Å². The van der Waals surface area contributed by atoms with E-state index in [1.807, 2.05) is 0 Å². The average Bonchev–Trinajstić information content (AvgIpc) is 2.82. The lowest BCUT2D eigenvalue weighted by atomic mass is 10.2. The first kappa shape index (κ1) is 18.6. The summed E-state index contributed by atoms with van der Waals surface area (Å²) in [6, 6.07) is 5.74. The summed E-state index contributed by atoms with van der Waals surface area (Å²) in [4.78, 5) is 27.8. The number of aliphatic hydroxyl groups excluding tert-OH is 1. The second-order valence-corrected chi connectivity index (χ2v) is 6.69. The molecule has 0 unspecified atom stereocenters. The summed E-state index contributed by atoms with van der Waals surface area (Å²) < 4.78 is 13.2. The van der Waals surface area contributed by atoms with Crippen LogP contribution in [0.15, 0.2) is 29.2 Å². The standard InChI is InChI=1S/C16H17FN2O3S2/c1-2-18(7-8-20)14(21)10-19-15(22)13(24-16(19)23)9-11-3-5-12(17)6-4-11/h3-6,9,20H,2,7-8,10H2,1H3/b13-9-. The lowest BCUT2D eigenvalue weighted by molar-refractivity contribution is -0.135. The van der Waals surface area contributed by atoms with Crippen LogP contribution in [0.3, 0.4) is 0 Å². The molecular formula is C16H17FN2O3S2. The topological polar surface area (TPSA) is 60.9 Å². The van der Waals surface area contributed by atoms with E-state index in [1.165, 1.54) is 21.9 Å². The van der Waals surface area contributed by atoms with Crippen molar-refractivity contribution in [1.29, 1.82) is 0 Å². The first-order valence-electron chi connectivity index (χ1n) is 7.35. The zero-order valence-electron chi connectivity index (χ0n) is 13.1. The molecular weight excluding hydrogens is 351 g/mol. The molecule has 2 rings (SSSR count). The number of carbonyl (C=O) groups is 2. The molecule has 1 aliphatic rings. The van der Waals surface area contributed by atoms with E-state index in [0.717, 1.165) is 11.8 Å². The number of likely N-dealkylation sites (N-methyl/N-ethyl adjacent to an activating group) is 1. The normalized spacial score (nSPS) is 16.1. The highest BCUT2D eigenvalue weighted by molar-refractivity contribution is 8.26. The summed E-state index contributed by atoms with van der Waals surface area (Å²) in [5.41, 5.74) is 0.679. The van der Waals surface area contributed by atoms with Gasteiger partial charge in [-0.15, -0.1) is 0 Å². The minimum Gasteiger partial charge on any atom is -0.395 e. The average molecular weight is 368 g/mol. The molecule has 1 fully saturated rings. The second-order valence-electron chi connectivity index (χ2n) is 5.02. The number of carbonyl (C=O) groups excluding carboxylic acids is 2. The van der Waals surface area contributed by atoms with Gasteiger partial charge < -0.3 is 10.0 Å². The van der Waals surface area contributed by atoms with Gasteiger partial charge in [0.1, 0.15) is 16.7 Å². The maximum absolute atomic E-state index is 12.9. The van der Waals surface area contributed by atoms with Crippen LogP contribution in [0.4, 0.5) is 4.39 Å². The molecule has 1 aromatic rings. The van der Waals surface area contributed by atoms with Crippen LogP contribution < -0.4 is 0 Å². The maximum Gasteiger partial charge on any atom is 0.266 e. The Morgan fingerprint density at radius 1 is 1.42 bits per heavy atom. The summed E-state index contributed by atoms with van der Waals surface area (Å²) in [5.74, 6) is -0.970. The number of hydrogen-bond donors (Lipinski definition) is 1. The summed E-state index contributed by atoms with van der Waals surface area (Å²) >= 11 is 6.30. The Balaban J connectivity index is 2.11. The van der Waals surface area contributed by atoms with Crippen molar-refractivity contribution in [3.05, 3.63) is 40.6 Å². The molecule has 1 heterocycles. The van der Waals surface area contributed by atoms with E-state index in [4.69, 9.17) is 17.3 Å². The quantitative estimate of drug-likeness (QED) is 0.614. The highest BCUT2D eigenvalue weighted by atomic mass is 32.2. The second kappa shape index (κ2) is 8.36. The van der Waals surface area contributed by atoms with E-state index >= 15 is 0 Å². The van der Waals surface area contributed by atoms with Gasteiger partial charge in [0, 0.05) is 13.1 Å². The Bertz CT molecular complexity index is 676. The van der Waals surface area contributed by atoms with Gasteiger partial charge in [-0.25, -0.2) is 4.39 Å². The number of halogens is 1. The molecule has 0 saturated carbocycles. The third-order valence-corrected chi connectivity index (χ3v) is 4.82. The van der Waals surface area contributed by atoms with Crippen molar-refractivity contribution in [2.75, 3.05) is 26.2 Å². The van der Waals surface area contributed by atoms with Crippen molar-refractivity contribution in [2.24, 2.45) is 0 Å². The molecule has 8 heteroatoms. The number of benzene rings is 1. The maximum atomic E-state index is 12.9. The van der Waals surface area contributed by atoms with Crippen LogP contribution in [-0.4, -0.2) is 57.3 Å². The minimum atomic E-state index is -0.353. The van der Waals surface area contributed by atoms with Gasteiger partial charge in [0.05, 0.1) is 11.5 Å². The zero-order chi connectivity index (χ0) is 17.7. The van der Waals surface area contributed by atoms with E-state index in [-0.39, 0.29) is 37.3 Å². The van der Waals surface area contributed by atoms with Crippen LogP contribution in [-0.2, 0) is 9.59 Å². The SMILES string of the molecule is CCN(CCO)C(=O)CN1C(=O)/C(=C/c2ccc(F)cc2)SC1=S. The Morgan fingerprint density at radius 2 is 2.08 bits per heavy atom. The number of aliphatic hydroxyl groups is 1. The predicted molar refractivity (Wildman–Crippen MR) is 95.6 cm³/mol. The molecule has 1 saturated heterocycles. The van der Waals surface area contributed by atoms with Gasteiger partial charge in [0.2, 0.25) is 5.91 Å². The summed E-state index contributed by atoms with van der Waals surface area (Å²) in [7, 11) is 0. The van der Waals surface area contributed by atoms with E-state index < -0.39 is 0 Å². The van der Waals surface area contributed by atoms with Crippen LogP contribution in [0.25, 0.3) is 6.08 Å². The molecule has 1 aromatic carbocycles. The van der Waals surface area contributed by atoms with Gasteiger partial charge in [-0.2, -0.15) is 0 Å². The number of thioether (sulfide) groups is 1. The molecule has 0 aromatic heterocycles. The van der Waals surface area contributed by atoms with Gasteiger partial charge in [0.25, 0.3) is 5.91 Å². The fourth-order valence-electron chi connectivity index (χ4n) is 2.16. The molecule has 0 radical (unpaired) electrons. The smallest absolute Gasteiger partial charge is 0.266 e. The van der Waals surface area contributed by atoms with Gasteiger partial charge in [0.15, 0.2) is 0 Å². The highest BCUT2D eigenvalue weighted by Gasteiger charge is 2.34. The van der Waals surface area contributed by atoms with Crippen molar-refractivity contribution in [3.63, 3.8) is 0 Å². The zero-order valence-corrected chi connectivity index (χ0v) is 14.7. The Hall–Kier alpha value is -1.77. The fourth-order valence-corrected chi connectivity index (χ4v) is 3.42. The van der Waals surface area contributed by atoms with Gasteiger partial charge in [-0.05, 0) is 30.7 Å². The van der Waals surface area contributed by atoms with Crippen LogP contribution in [0.1, 0.15) is 12.5 Å². The van der Waals surface area contributed by atoms with E-state index in [0.29, 0.717) is 21.3 Å². The van der Waals surface area contributed by atoms with Gasteiger partial charge in [-0.3, -0.25) is 14.5 Å². The van der Waals surface area contributed by atoms with Crippen LogP contribution in [0.2, 0.25) is 0 Å². The molecule has 0 spiro atoms. The summed E-state index contributed by atoms with van der Waals surface area (Å²) in [5, 5.41) is 8.97. The molecule has 24 heavy (non-hydrogen) atoms. The number of hydrogen-bond acceptors (Lipinski definition) is 5. The highest BCUT2D eigenvalue weighted by Crippen LogP contribution is 2.32. The fraction of sp³-hybridized carbons (Fsp3) is 0.312. The molecule has 0 atom stereocenters. The van der Waals surface area contributed by atoms with Crippen molar-refractivity contribution in [3.8, 4) is 0 Å². The summed E-state index contributed by atoms with van der Waals surface area (Å²) in [6.45, 7) is 2.17. The lowest BCUT2D eigenvalue weighted by Gasteiger charge is -2.22. The third-order valence-electron chi connectivity index (χ3n) is 3.44. The van der Waals surface area contributed by atoms with Gasteiger partial charge in [-0.1, -0.05) is 36.1 Å². The Labute approximate surface area is 149 Å². The third kappa shape index (κ3) is 4.40. The largest absolute Gasteiger partial charge is 0.395 e. The van der Waals surface area contributed by atoms with Crippen LogP contribution in [0, 0.1) is 5.82 Å². The summed E-state index contributed by atoms with van der Waals surface area (Å²) in [6.07, 6.45) is 1.62. The van der Waals surface area contributed by atoms with E-state index in [2.05, 4.69) is 0 Å². The van der Waals surface area contributed by atoms with Crippen molar-refractivity contribution in [2.45, 2.75) is 6.92 Å². The number of amides is 2. The van der Waals surface area contributed by atoms with E-state index in [1.54, 1.807) is 25.1 Å². The number of nitrogens with zero attached hydrogens (tertiary/aromatic N) is 2. The lowest BCUT2D eigenvalue weighted by Crippen LogP contribution is -2.43. The predicted octanol–water partition coefficient (Wildman–Crippen LogP) is 1.87. The Morgan fingerprint density at radius 3 is 2.67 bits per heavy atom. The number of thiocarbonyl (C=S) groups is 1. The van der Waals surface area contributed by atoms with Crippen LogP contribution >= 0.6 is 24.0 Å². The minimum absolute atomic E-state index is 0.136. The van der Waals surface area contributed by atoms with Crippen molar-refractivity contribution < 1.29 is 19.1 Å². The first-order valence-corrected chi connectivity index (χ1v) is 8.58. The molecule has 1 N–H and O–H groups in total. The van der Waals surface area contributed by atoms with Crippen LogP contribution in [0.5, 0.6) is 0 Å².